The van der Waals surface area contributed by atoms with Gasteiger partial charge in [-0.1, -0.05) is 18.2 Å². The van der Waals surface area contributed by atoms with Gasteiger partial charge in [-0.25, -0.2) is 4.99 Å². The standard InChI is InChI=1S/C21H29N3O2.HI/c1-15-6-7-18(20(13-15)26-9-5-8-25-4)14-23-21(22)24-19-11-16(2)10-17(3)12-19;/h6-7,10-13H,5,8-9,14H2,1-4H3,(H3,22,23,24);1H. The van der Waals surface area contributed by atoms with Crippen LogP contribution in [-0.2, 0) is 11.3 Å². The van der Waals surface area contributed by atoms with Crippen LogP contribution in [0, 0.1) is 20.8 Å². The Labute approximate surface area is 179 Å². The highest BCUT2D eigenvalue weighted by atomic mass is 127. The minimum atomic E-state index is 0. The summed E-state index contributed by atoms with van der Waals surface area (Å²) >= 11 is 0. The summed E-state index contributed by atoms with van der Waals surface area (Å²) in [5, 5.41) is 3.15. The van der Waals surface area contributed by atoms with Gasteiger partial charge in [0.2, 0.25) is 0 Å². The topological polar surface area (TPSA) is 68.9 Å². The third-order valence-electron chi connectivity index (χ3n) is 3.89. The highest BCUT2D eigenvalue weighted by molar-refractivity contribution is 14.0. The molecule has 0 fully saturated rings. The van der Waals surface area contributed by atoms with Crippen LogP contribution in [0.3, 0.4) is 0 Å². The molecule has 0 atom stereocenters. The molecule has 0 saturated heterocycles. The number of anilines is 1. The van der Waals surface area contributed by atoms with Gasteiger partial charge in [0, 0.05) is 31.4 Å². The van der Waals surface area contributed by atoms with E-state index in [2.05, 4.69) is 36.3 Å². The van der Waals surface area contributed by atoms with Crippen LogP contribution in [0.5, 0.6) is 5.75 Å². The van der Waals surface area contributed by atoms with Gasteiger partial charge in [-0.05, 0) is 55.7 Å². The van der Waals surface area contributed by atoms with E-state index >= 15 is 0 Å². The fourth-order valence-corrected chi connectivity index (χ4v) is 2.72. The van der Waals surface area contributed by atoms with Crippen LogP contribution in [0.2, 0.25) is 0 Å². The molecular formula is C21H30IN3O2. The Hall–Kier alpha value is -1.80. The molecule has 2 rings (SSSR count). The van der Waals surface area contributed by atoms with Gasteiger partial charge in [0.25, 0.3) is 0 Å². The van der Waals surface area contributed by atoms with Crippen LogP contribution in [0.25, 0.3) is 0 Å². The van der Waals surface area contributed by atoms with Crippen LogP contribution >= 0.6 is 24.0 Å². The van der Waals surface area contributed by atoms with Crippen molar-refractivity contribution in [3.05, 3.63) is 58.7 Å². The Kier molecular flexibility index (Phi) is 10.2. The van der Waals surface area contributed by atoms with E-state index in [9.17, 15) is 0 Å². The van der Waals surface area contributed by atoms with E-state index < -0.39 is 0 Å². The van der Waals surface area contributed by atoms with E-state index in [1.54, 1.807) is 7.11 Å². The molecule has 2 aromatic rings. The smallest absolute Gasteiger partial charge is 0.193 e. The maximum Gasteiger partial charge on any atom is 0.193 e. The third-order valence-corrected chi connectivity index (χ3v) is 3.89. The summed E-state index contributed by atoms with van der Waals surface area (Å²) < 4.78 is 11.0. The van der Waals surface area contributed by atoms with Crippen molar-refractivity contribution in [2.75, 3.05) is 25.6 Å². The summed E-state index contributed by atoms with van der Waals surface area (Å²) in [6, 6.07) is 12.3. The number of nitrogens with one attached hydrogen (secondary N) is 1. The second-order valence-corrected chi connectivity index (χ2v) is 6.51. The number of hydrogen-bond acceptors (Lipinski definition) is 3. The highest BCUT2D eigenvalue weighted by Crippen LogP contribution is 2.21. The number of aryl methyl sites for hydroxylation is 3. The van der Waals surface area contributed by atoms with Crippen LogP contribution in [0.4, 0.5) is 5.69 Å². The number of ether oxygens (including phenoxy) is 2. The number of halogens is 1. The number of nitrogens with two attached hydrogens (primary N) is 1. The predicted octanol–water partition coefficient (Wildman–Crippen LogP) is 4.57. The van der Waals surface area contributed by atoms with Gasteiger partial charge in [0.1, 0.15) is 5.75 Å². The van der Waals surface area contributed by atoms with Gasteiger partial charge in [-0.15, -0.1) is 24.0 Å². The molecular weight excluding hydrogens is 453 g/mol. The number of rotatable bonds is 8. The maximum absolute atomic E-state index is 6.05. The first-order valence-corrected chi connectivity index (χ1v) is 8.84. The maximum atomic E-state index is 6.05. The minimum Gasteiger partial charge on any atom is -0.493 e. The van der Waals surface area contributed by atoms with Crippen molar-refractivity contribution in [2.24, 2.45) is 10.7 Å². The first-order chi connectivity index (χ1) is 12.5. The SMILES string of the molecule is COCCCOc1cc(C)ccc1CN=C(N)Nc1cc(C)cc(C)c1.I. The Bertz CT molecular complexity index is 743. The Morgan fingerprint density at radius 1 is 1.00 bits per heavy atom. The van der Waals surface area contributed by atoms with Gasteiger partial charge < -0.3 is 20.5 Å². The molecule has 0 spiro atoms. The van der Waals surface area contributed by atoms with Crippen molar-refractivity contribution in [1.29, 1.82) is 0 Å². The lowest BCUT2D eigenvalue weighted by molar-refractivity contribution is 0.172. The number of nitrogens with zero attached hydrogens (tertiary/aromatic N) is 1. The first kappa shape index (κ1) is 23.2. The number of methoxy groups -OCH3 is 1. The predicted molar refractivity (Wildman–Crippen MR) is 123 cm³/mol. The van der Waals surface area contributed by atoms with Crippen molar-refractivity contribution in [3.8, 4) is 5.75 Å². The lowest BCUT2D eigenvalue weighted by Gasteiger charge is -2.12. The molecule has 0 saturated carbocycles. The molecule has 27 heavy (non-hydrogen) atoms. The minimum absolute atomic E-state index is 0. The summed E-state index contributed by atoms with van der Waals surface area (Å²) in [7, 11) is 1.69. The quantitative estimate of drug-likeness (QED) is 0.250. The summed E-state index contributed by atoms with van der Waals surface area (Å²) in [5.74, 6) is 1.24. The average molecular weight is 483 g/mol. The highest BCUT2D eigenvalue weighted by Gasteiger charge is 2.05. The zero-order chi connectivity index (χ0) is 18.9. The second-order valence-electron chi connectivity index (χ2n) is 6.51. The fourth-order valence-electron chi connectivity index (χ4n) is 2.72. The Morgan fingerprint density at radius 3 is 2.37 bits per heavy atom. The van der Waals surface area contributed by atoms with Gasteiger partial charge in [-0.2, -0.15) is 0 Å². The first-order valence-electron chi connectivity index (χ1n) is 8.84. The molecule has 0 amide bonds. The van der Waals surface area contributed by atoms with E-state index in [1.807, 2.05) is 31.2 Å². The molecule has 0 unspecified atom stereocenters. The molecule has 5 nitrogen and oxygen atoms in total. The molecule has 148 valence electrons. The van der Waals surface area contributed by atoms with E-state index in [4.69, 9.17) is 15.2 Å². The zero-order valence-corrected chi connectivity index (χ0v) is 18.9. The molecule has 6 heteroatoms. The van der Waals surface area contributed by atoms with Crippen LogP contribution in [0.15, 0.2) is 41.4 Å². The monoisotopic (exact) mass is 483 g/mol. The number of hydrogen-bond donors (Lipinski definition) is 2. The Morgan fingerprint density at radius 2 is 1.70 bits per heavy atom. The molecule has 2 aromatic carbocycles. The average Bonchev–Trinajstić information content (AvgIpc) is 2.57. The molecule has 0 radical (unpaired) electrons. The second kappa shape index (κ2) is 11.8. The lowest BCUT2D eigenvalue weighted by atomic mass is 10.1. The molecule has 0 aliphatic carbocycles. The summed E-state index contributed by atoms with van der Waals surface area (Å²) in [6.45, 7) is 7.93. The van der Waals surface area contributed by atoms with Crippen molar-refractivity contribution in [3.63, 3.8) is 0 Å². The normalized spacial score (nSPS) is 11.0. The number of aliphatic imine (C=N–C) groups is 1. The van der Waals surface area contributed by atoms with Gasteiger partial charge in [-0.3, -0.25) is 0 Å². The molecule has 0 heterocycles. The molecule has 0 bridgehead atoms. The number of guanidine groups is 1. The van der Waals surface area contributed by atoms with E-state index in [0.717, 1.165) is 29.0 Å². The van der Waals surface area contributed by atoms with Crippen LogP contribution in [-0.4, -0.2) is 26.3 Å². The summed E-state index contributed by atoms with van der Waals surface area (Å²) in [4.78, 5) is 4.46. The molecule has 0 aromatic heterocycles. The molecule has 0 aliphatic rings. The summed E-state index contributed by atoms with van der Waals surface area (Å²) in [6.07, 6.45) is 0.851. The van der Waals surface area contributed by atoms with E-state index in [1.165, 1.54) is 11.1 Å². The fraction of sp³-hybridized carbons (Fsp3) is 0.381. The van der Waals surface area contributed by atoms with Crippen molar-refractivity contribution in [2.45, 2.75) is 33.7 Å². The van der Waals surface area contributed by atoms with Crippen molar-refractivity contribution >= 4 is 35.6 Å². The van der Waals surface area contributed by atoms with Gasteiger partial charge in [0.15, 0.2) is 5.96 Å². The molecule has 0 aliphatic heterocycles. The van der Waals surface area contributed by atoms with E-state index in [0.29, 0.717) is 25.7 Å². The van der Waals surface area contributed by atoms with E-state index in [-0.39, 0.29) is 24.0 Å². The van der Waals surface area contributed by atoms with Crippen molar-refractivity contribution < 1.29 is 9.47 Å². The number of benzene rings is 2. The van der Waals surface area contributed by atoms with Gasteiger partial charge >= 0.3 is 0 Å². The van der Waals surface area contributed by atoms with Gasteiger partial charge in [0.05, 0.1) is 13.2 Å². The summed E-state index contributed by atoms with van der Waals surface area (Å²) in [5.41, 5.74) is 11.5. The van der Waals surface area contributed by atoms with Crippen molar-refractivity contribution in [1.82, 2.24) is 0 Å². The van der Waals surface area contributed by atoms with Crippen LogP contribution in [0.1, 0.15) is 28.7 Å². The Balaban J connectivity index is 0.00000364. The largest absolute Gasteiger partial charge is 0.493 e. The third kappa shape index (κ3) is 8.17. The molecule has 3 N–H and O–H groups in total. The van der Waals surface area contributed by atoms with Crippen LogP contribution < -0.4 is 15.8 Å². The zero-order valence-electron chi connectivity index (χ0n) is 16.5. The lowest BCUT2D eigenvalue weighted by Crippen LogP contribution is -2.22.